The number of phenolic OH excluding ortho intramolecular Hbond substituents is 1. The van der Waals surface area contributed by atoms with Crippen LogP contribution in [0.15, 0.2) is 54.6 Å². The molecule has 5 aliphatic carbocycles. The quantitative estimate of drug-likeness (QED) is 0.597. The number of phenols is 1. The van der Waals surface area contributed by atoms with Gasteiger partial charge in [-0.3, -0.25) is 0 Å². The SMILES string of the molecule is COc1ccc2c(c1O)[C@]13CCN(C)[C@H](C2)[C@]12C=C[C@]1(OC)[C@@H]3[C@@]1([C@](C)(O)CCc1ccccc1)C2. The van der Waals surface area contributed by atoms with Gasteiger partial charge in [-0.25, -0.2) is 0 Å². The highest BCUT2D eigenvalue weighted by Crippen LogP contribution is 2.92. The van der Waals surface area contributed by atoms with Gasteiger partial charge in [0.05, 0.1) is 18.3 Å². The van der Waals surface area contributed by atoms with E-state index in [4.69, 9.17) is 9.47 Å². The Balaban J connectivity index is 1.42. The molecule has 5 nitrogen and oxygen atoms in total. The standard InChI is InChI=1S/C31H37NO4/c1-27(34,13-12-20-8-6-5-7-9-20)30-19-28-14-15-31(30,36-4)26(30)29(28)16-17-32(2)23(28)18-21-10-11-22(35-3)25(33)24(21)29/h5-11,14-15,23,26,33-34H,12-13,16-19H2,1-4H3/t23-,26+,27-,28-,29+,30-,31+/m1/s1. The molecule has 2 aromatic rings. The number of likely N-dealkylation sites (N-methyl/N-ethyl adjacent to an activating group) is 1. The first-order valence-corrected chi connectivity index (χ1v) is 13.4. The zero-order valence-electron chi connectivity index (χ0n) is 21.8. The Morgan fingerprint density at radius 2 is 1.89 bits per heavy atom. The molecule has 6 aliphatic rings. The van der Waals surface area contributed by atoms with Gasteiger partial charge in [-0.2, -0.15) is 0 Å². The summed E-state index contributed by atoms with van der Waals surface area (Å²) in [7, 11) is 5.68. The largest absolute Gasteiger partial charge is 0.504 e. The second-order valence-corrected chi connectivity index (χ2v) is 12.3. The summed E-state index contributed by atoms with van der Waals surface area (Å²) in [5.74, 6) is 0.928. The Hall–Kier alpha value is -2.34. The molecule has 7 atom stereocenters. The second-order valence-electron chi connectivity index (χ2n) is 12.3. The number of nitrogens with zero attached hydrogens (tertiary/aromatic N) is 1. The second kappa shape index (κ2) is 6.94. The third-order valence-electron chi connectivity index (χ3n) is 11.4. The van der Waals surface area contributed by atoms with Crippen LogP contribution in [-0.2, 0) is 23.0 Å². The van der Waals surface area contributed by atoms with Crippen LogP contribution in [-0.4, -0.2) is 60.2 Å². The third-order valence-corrected chi connectivity index (χ3v) is 11.4. The van der Waals surface area contributed by atoms with Crippen LogP contribution in [0.1, 0.15) is 42.9 Å². The number of likely N-dealkylation sites (tertiary alicyclic amines) is 1. The van der Waals surface area contributed by atoms with Gasteiger partial charge in [-0.1, -0.05) is 48.6 Å². The van der Waals surface area contributed by atoms with E-state index < -0.39 is 16.6 Å². The molecule has 1 spiro atoms. The van der Waals surface area contributed by atoms with Crippen LogP contribution in [0.5, 0.6) is 11.5 Å². The zero-order chi connectivity index (χ0) is 25.1. The highest BCUT2D eigenvalue weighted by Gasteiger charge is 2.97. The zero-order valence-corrected chi connectivity index (χ0v) is 21.8. The van der Waals surface area contributed by atoms with Gasteiger partial charge in [0, 0.05) is 40.9 Å². The normalized spacial score (nSPS) is 40.8. The molecule has 1 saturated heterocycles. The maximum absolute atomic E-state index is 12.4. The average Bonchev–Trinajstić information content (AvgIpc) is 3.43. The van der Waals surface area contributed by atoms with Crippen LogP contribution in [0.3, 0.4) is 0 Å². The molecule has 2 aromatic carbocycles. The van der Waals surface area contributed by atoms with Gasteiger partial charge in [0.15, 0.2) is 11.5 Å². The van der Waals surface area contributed by atoms with Crippen LogP contribution >= 0.6 is 0 Å². The molecular formula is C31H37NO4. The fourth-order valence-electron chi connectivity index (χ4n) is 10.0. The minimum Gasteiger partial charge on any atom is -0.504 e. The van der Waals surface area contributed by atoms with Crippen LogP contribution < -0.4 is 4.74 Å². The Bertz CT molecular complexity index is 1270. The fourth-order valence-corrected chi connectivity index (χ4v) is 10.0. The lowest BCUT2D eigenvalue weighted by molar-refractivity contribution is -0.109. The summed E-state index contributed by atoms with van der Waals surface area (Å²) in [6.45, 7) is 3.01. The summed E-state index contributed by atoms with van der Waals surface area (Å²) in [6.07, 6.45) is 8.93. The fraction of sp³-hybridized carbons (Fsp3) is 0.548. The molecule has 6 bridgehead atoms. The van der Waals surface area contributed by atoms with Crippen molar-refractivity contribution in [2.75, 3.05) is 27.8 Å². The number of hydrogen-bond acceptors (Lipinski definition) is 5. The molecule has 5 heteroatoms. The molecule has 0 aromatic heterocycles. The van der Waals surface area contributed by atoms with Crippen LogP contribution in [0, 0.1) is 16.7 Å². The van der Waals surface area contributed by atoms with E-state index in [1.807, 2.05) is 26.2 Å². The molecule has 2 N–H and O–H groups in total. The van der Waals surface area contributed by atoms with Gasteiger partial charge in [0.1, 0.15) is 0 Å². The maximum Gasteiger partial charge on any atom is 0.161 e. The van der Waals surface area contributed by atoms with Gasteiger partial charge in [-0.15, -0.1) is 0 Å². The number of methoxy groups -OCH3 is 2. The molecular weight excluding hydrogens is 450 g/mol. The van der Waals surface area contributed by atoms with E-state index in [-0.39, 0.29) is 22.5 Å². The van der Waals surface area contributed by atoms with Crippen molar-refractivity contribution in [2.24, 2.45) is 16.7 Å². The predicted molar refractivity (Wildman–Crippen MR) is 138 cm³/mol. The van der Waals surface area contributed by atoms with Crippen molar-refractivity contribution in [3.8, 4) is 11.5 Å². The predicted octanol–water partition coefficient (Wildman–Crippen LogP) is 4.24. The number of ether oxygens (including phenoxy) is 2. The van der Waals surface area contributed by atoms with Crippen molar-refractivity contribution in [3.05, 3.63) is 71.3 Å². The van der Waals surface area contributed by atoms with Crippen molar-refractivity contribution in [2.45, 2.75) is 61.7 Å². The number of aromatic hydroxyl groups is 1. The molecule has 0 amide bonds. The molecule has 3 fully saturated rings. The summed E-state index contributed by atoms with van der Waals surface area (Å²) < 4.78 is 12.1. The lowest BCUT2D eigenvalue weighted by Crippen LogP contribution is -2.67. The van der Waals surface area contributed by atoms with Crippen molar-refractivity contribution in [1.29, 1.82) is 0 Å². The first kappa shape index (κ1) is 22.8. The summed E-state index contributed by atoms with van der Waals surface area (Å²) in [4.78, 5) is 2.52. The maximum atomic E-state index is 12.4. The number of aliphatic hydroxyl groups is 1. The molecule has 36 heavy (non-hydrogen) atoms. The van der Waals surface area contributed by atoms with E-state index in [2.05, 4.69) is 54.4 Å². The Morgan fingerprint density at radius 1 is 1.11 bits per heavy atom. The molecule has 190 valence electrons. The molecule has 1 heterocycles. The number of fused-ring (bicyclic) bond motifs is 1. The minimum atomic E-state index is -0.923. The Kier molecular flexibility index (Phi) is 4.40. The van der Waals surface area contributed by atoms with E-state index in [9.17, 15) is 10.2 Å². The molecule has 0 unspecified atom stereocenters. The van der Waals surface area contributed by atoms with Crippen LogP contribution in [0.25, 0.3) is 0 Å². The van der Waals surface area contributed by atoms with E-state index >= 15 is 0 Å². The third kappa shape index (κ3) is 2.22. The van der Waals surface area contributed by atoms with Crippen LogP contribution in [0.4, 0.5) is 0 Å². The van der Waals surface area contributed by atoms with E-state index in [1.165, 1.54) is 11.1 Å². The summed E-state index contributed by atoms with van der Waals surface area (Å²) >= 11 is 0. The number of aryl methyl sites for hydroxylation is 1. The van der Waals surface area contributed by atoms with Gasteiger partial charge in [0.25, 0.3) is 0 Å². The average molecular weight is 488 g/mol. The number of rotatable bonds is 6. The van der Waals surface area contributed by atoms with Gasteiger partial charge in [0.2, 0.25) is 0 Å². The molecule has 1 aliphatic heterocycles. The highest BCUT2D eigenvalue weighted by molar-refractivity contribution is 5.66. The van der Waals surface area contributed by atoms with Gasteiger partial charge in [-0.05, 0) is 69.8 Å². The monoisotopic (exact) mass is 487 g/mol. The smallest absolute Gasteiger partial charge is 0.161 e. The molecule has 2 saturated carbocycles. The van der Waals surface area contributed by atoms with Crippen LogP contribution in [0.2, 0.25) is 0 Å². The summed E-state index contributed by atoms with van der Waals surface area (Å²) in [5, 5.41) is 24.1. The van der Waals surface area contributed by atoms with Gasteiger partial charge < -0.3 is 24.6 Å². The van der Waals surface area contributed by atoms with Crippen molar-refractivity contribution >= 4 is 0 Å². The molecule has 8 rings (SSSR count). The Morgan fingerprint density at radius 3 is 2.61 bits per heavy atom. The van der Waals surface area contributed by atoms with Crippen molar-refractivity contribution in [1.82, 2.24) is 4.90 Å². The van der Waals surface area contributed by atoms with Gasteiger partial charge >= 0.3 is 0 Å². The van der Waals surface area contributed by atoms with E-state index in [0.29, 0.717) is 18.2 Å². The number of piperidine rings is 1. The summed E-state index contributed by atoms with van der Waals surface area (Å²) in [5.41, 5.74) is 1.21. The number of benzene rings is 2. The highest BCUT2D eigenvalue weighted by atomic mass is 16.5. The number of hydrogen-bond donors (Lipinski definition) is 2. The molecule has 0 radical (unpaired) electrons. The first-order chi connectivity index (χ1) is 17.2. The summed E-state index contributed by atoms with van der Waals surface area (Å²) in [6, 6.07) is 14.8. The first-order valence-electron chi connectivity index (χ1n) is 13.4. The van der Waals surface area contributed by atoms with Crippen molar-refractivity contribution in [3.63, 3.8) is 0 Å². The minimum absolute atomic E-state index is 0.103. The lowest BCUT2D eigenvalue weighted by Gasteiger charge is -2.64. The topological polar surface area (TPSA) is 62.2 Å². The Labute approximate surface area is 213 Å². The van der Waals surface area contributed by atoms with E-state index in [0.717, 1.165) is 37.8 Å². The lowest BCUT2D eigenvalue weighted by atomic mass is 9.45. The van der Waals surface area contributed by atoms with Crippen molar-refractivity contribution < 1.29 is 19.7 Å². The van der Waals surface area contributed by atoms with E-state index in [1.54, 1.807) is 7.11 Å².